The van der Waals surface area contributed by atoms with Crippen LogP contribution in [-0.4, -0.2) is 43.5 Å². The summed E-state index contributed by atoms with van der Waals surface area (Å²) in [6, 6.07) is 16.5. The fourth-order valence-electron chi connectivity index (χ4n) is 2.99. The minimum atomic E-state index is -3.58. The van der Waals surface area contributed by atoms with Crippen LogP contribution in [0, 0.1) is 24.2 Å². The lowest BCUT2D eigenvalue weighted by Gasteiger charge is -2.09. The van der Waals surface area contributed by atoms with Crippen molar-refractivity contribution in [1.29, 1.82) is 5.26 Å². The number of nitriles is 1. The summed E-state index contributed by atoms with van der Waals surface area (Å²) in [4.78, 5) is 12.5. The van der Waals surface area contributed by atoms with E-state index in [0.717, 1.165) is 22.6 Å². The first-order valence-electron chi connectivity index (χ1n) is 11.1. The van der Waals surface area contributed by atoms with Gasteiger partial charge < -0.3 is 9.47 Å². The highest BCUT2D eigenvalue weighted by Gasteiger charge is 2.22. The van der Waals surface area contributed by atoms with Gasteiger partial charge in [-0.05, 0) is 48.7 Å². The standard InChI is InChI=1S/C25H26N4O5S2/c1-17(2)16-36(31,32)25-29-28-24(35-25)27-23(30)20(15-26)14-19-6-10-22(11-7-19)34-13-12-33-21-8-4-18(3)5-9-21/h4-11,14,17H,12-13,16H2,1-3H3,(H,27,28,30). The van der Waals surface area contributed by atoms with E-state index >= 15 is 0 Å². The fourth-order valence-corrected chi connectivity index (χ4v) is 5.60. The topological polar surface area (TPSA) is 131 Å². The van der Waals surface area contributed by atoms with E-state index in [1.54, 1.807) is 38.1 Å². The summed E-state index contributed by atoms with van der Waals surface area (Å²) in [6.07, 6.45) is 1.41. The van der Waals surface area contributed by atoms with Crippen molar-refractivity contribution < 1.29 is 22.7 Å². The molecule has 9 nitrogen and oxygen atoms in total. The third-order valence-electron chi connectivity index (χ3n) is 4.64. The highest BCUT2D eigenvalue weighted by atomic mass is 32.2. The molecular formula is C25H26N4O5S2. The first-order valence-corrected chi connectivity index (χ1v) is 13.5. The lowest BCUT2D eigenvalue weighted by atomic mass is 10.1. The zero-order valence-corrected chi connectivity index (χ0v) is 21.7. The molecular weight excluding hydrogens is 500 g/mol. The van der Waals surface area contributed by atoms with Crippen LogP contribution in [-0.2, 0) is 14.6 Å². The van der Waals surface area contributed by atoms with Gasteiger partial charge in [-0.3, -0.25) is 10.1 Å². The molecule has 0 spiro atoms. The molecule has 1 N–H and O–H groups in total. The van der Waals surface area contributed by atoms with E-state index in [1.807, 2.05) is 37.3 Å². The van der Waals surface area contributed by atoms with Crippen LogP contribution in [0.25, 0.3) is 6.08 Å². The molecule has 2 aromatic carbocycles. The van der Waals surface area contributed by atoms with Crippen LogP contribution in [0.5, 0.6) is 11.5 Å². The third-order valence-corrected chi connectivity index (χ3v) is 8.01. The Morgan fingerprint density at radius 3 is 2.19 bits per heavy atom. The van der Waals surface area contributed by atoms with Crippen molar-refractivity contribution in [1.82, 2.24) is 10.2 Å². The van der Waals surface area contributed by atoms with Crippen molar-refractivity contribution in [3.05, 3.63) is 65.2 Å². The molecule has 3 rings (SSSR count). The molecule has 1 amide bonds. The molecule has 36 heavy (non-hydrogen) atoms. The number of benzene rings is 2. The molecule has 1 heterocycles. The quantitative estimate of drug-likeness (QED) is 0.169. The Labute approximate surface area is 214 Å². The van der Waals surface area contributed by atoms with Crippen LogP contribution < -0.4 is 14.8 Å². The largest absolute Gasteiger partial charge is 0.490 e. The van der Waals surface area contributed by atoms with Crippen molar-refractivity contribution >= 4 is 38.3 Å². The number of nitrogens with one attached hydrogen (secondary N) is 1. The average molecular weight is 527 g/mol. The highest BCUT2D eigenvalue weighted by molar-refractivity contribution is 7.93. The summed E-state index contributed by atoms with van der Waals surface area (Å²) >= 11 is 0.749. The summed E-state index contributed by atoms with van der Waals surface area (Å²) in [5.41, 5.74) is 1.60. The molecule has 3 aromatic rings. The predicted octanol–water partition coefficient (Wildman–Crippen LogP) is 4.28. The number of aryl methyl sites for hydroxylation is 1. The Balaban J connectivity index is 1.55. The molecule has 1 aromatic heterocycles. The van der Waals surface area contributed by atoms with Crippen LogP contribution in [0.4, 0.5) is 5.13 Å². The lowest BCUT2D eigenvalue weighted by molar-refractivity contribution is -0.112. The van der Waals surface area contributed by atoms with E-state index in [9.17, 15) is 18.5 Å². The first kappa shape index (κ1) is 26.8. The molecule has 0 unspecified atom stereocenters. The highest BCUT2D eigenvalue weighted by Crippen LogP contribution is 2.23. The second-order valence-corrected chi connectivity index (χ2v) is 11.4. The number of hydrogen-bond acceptors (Lipinski definition) is 9. The number of aromatic nitrogens is 2. The van der Waals surface area contributed by atoms with E-state index in [1.165, 1.54) is 6.08 Å². The summed E-state index contributed by atoms with van der Waals surface area (Å²) < 4.78 is 35.7. The van der Waals surface area contributed by atoms with Crippen molar-refractivity contribution in [2.75, 3.05) is 24.3 Å². The number of carbonyl (C=O) groups excluding carboxylic acids is 1. The number of anilines is 1. The number of amides is 1. The normalized spacial score (nSPS) is 11.7. The summed E-state index contributed by atoms with van der Waals surface area (Å²) in [5, 5.41) is 19.2. The van der Waals surface area contributed by atoms with Crippen LogP contribution in [0.15, 0.2) is 58.4 Å². The van der Waals surface area contributed by atoms with Gasteiger partial charge in [0.25, 0.3) is 5.91 Å². The second kappa shape index (κ2) is 12.3. The molecule has 0 aliphatic rings. The molecule has 0 bridgehead atoms. The van der Waals surface area contributed by atoms with Crippen LogP contribution in [0.1, 0.15) is 25.0 Å². The summed E-state index contributed by atoms with van der Waals surface area (Å²) in [5.74, 6) is 0.530. The average Bonchev–Trinajstić information content (AvgIpc) is 3.31. The zero-order valence-electron chi connectivity index (χ0n) is 20.1. The lowest BCUT2D eigenvalue weighted by Crippen LogP contribution is -2.13. The molecule has 0 aliphatic carbocycles. The van der Waals surface area contributed by atoms with Crippen LogP contribution in [0.3, 0.4) is 0 Å². The molecule has 0 saturated carbocycles. The molecule has 0 aliphatic heterocycles. The van der Waals surface area contributed by atoms with Gasteiger partial charge in [-0.15, -0.1) is 10.2 Å². The molecule has 0 atom stereocenters. The number of nitrogens with zero attached hydrogens (tertiary/aromatic N) is 3. The minimum absolute atomic E-state index is 0.0000789. The Morgan fingerprint density at radius 2 is 1.64 bits per heavy atom. The number of carbonyl (C=O) groups is 1. The van der Waals surface area contributed by atoms with Crippen molar-refractivity contribution in [3.63, 3.8) is 0 Å². The van der Waals surface area contributed by atoms with E-state index in [4.69, 9.17) is 9.47 Å². The first-order chi connectivity index (χ1) is 17.2. The van der Waals surface area contributed by atoms with Gasteiger partial charge in [0.2, 0.25) is 19.3 Å². The van der Waals surface area contributed by atoms with Gasteiger partial charge >= 0.3 is 0 Å². The van der Waals surface area contributed by atoms with E-state index in [-0.39, 0.29) is 26.7 Å². The van der Waals surface area contributed by atoms with Crippen LogP contribution >= 0.6 is 11.3 Å². The van der Waals surface area contributed by atoms with E-state index in [2.05, 4.69) is 15.5 Å². The smallest absolute Gasteiger partial charge is 0.268 e. The Morgan fingerprint density at radius 1 is 1.06 bits per heavy atom. The van der Waals surface area contributed by atoms with Gasteiger partial charge in [0.15, 0.2) is 0 Å². The monoisotopic (exact) mass is 526 g/mol. The third kappa shape index (κ3) is 7.90. The summed E-state index contributed by atoms with van der Waals surface area (Å²) in [7, 11) is -3.58. The maximum absolute atomic E-state index is 12.5. The van der Waals surface area contributed by atoms with Crippen molar-refractivity contribution in [2.45, 2.75) is 25.1 Å². The van der Waals surface area contributed by atoms with Gasteiger partial charge in [-0.2, -0.15) is 5.26 Å². The van der Waals surface area contributed by atoms with Gasteiger partial charge in [0.1, 0.15) is 36.4 Å². The van der Waals surface area contributed by atoms with Gasteiger partial charge in [0.05, 0.1) is 5.75 Å². The van der Waals surface area contributed by atoms with Crippen molar-refractivity contribution in [2.24, 2.45) is 5.92 Å². The van der Waals surface area contributed by atoms with E-state index in [0.29, 0.717) is 24.5 Å². The molecule has 0 radical (unpaired) electrons. The number of sulfone groups is 1. The number of rotatable bonds is 11. The Bertz CT molecular complexity index is 1360. The van der Waals surface area contributed by atoms with Crippen molar-refractivity contribution in [3.8, 4) is 17.6 Å². The second-order valence-electron chi connectivity index (χ2n) is 8.25. The predicted molar refractivity (Wildman–Crippen MR) is 138 cm³/mol. The SMILES string of the molecule is Cc1ccc(OCCOc2ccc(C=C(C#N)C(=O)Nc3nnc(S(=O)(=O)CC(C)C)s3)cc2)cc1. The number of ether oxygens (including phenoxy) is 2. The molecule has 188 valence electrons. The molecule has 11 heteroatoms. The van der Waals surface area contributed by atoms with Gasteiger partial charge in [0, 0.05) is 0 Å². The van der Waals surface area contributed by atoms with E-state index < -0.39 is 15.7 Å². The Kier molecular flexibility index (Phi) is 9.16. The van der Waals surface area contributed by atoms with Gasteiger partial charge in [-0.25, -0.2) is 8.42 Å². The maximum atomic E-state index is 12.5. The molecule has 0 saturated heterocycles. The number of hydrogen-bond donors (Lipinski definition) is 1. The minimum Gasteiger partial charge on any atom is -0.490 e. The van der Waals surface area contributed by atoms with Crippen LogP contribution in [0.2, 0.25) is 0 Å². The summed E-state index contributed by atoms with van der Waals surface area (Å²) in [6.45, 7) is 6.31. The van der Waals surface area contributed by atoms with Gasteiger partial charge in [-0.1, -0.05) is 55.0 Å². The Hall–Kier alpha value is -3.75. The molecule has 0 fully saturated rings. The fraction of sp³-hybridized carbons (Fsp3) is 0.280. The maximum Gasteiger partial charge on any atom is 0.268 e. The zero-order chi connectivity index (χ0) is 26.1.